The number of benzene rings is 1. The minimum atomic E-state index is -0.859. The first-order chi connectivity index (χ1) is 10.2. The number of nitrogens with one attached hydrogen (secondary N) is 2. The van der Waals surface area contributed by atoms with Gasteiger partial charge in [-0.2, -0.15) is 10.1 Å². The molecule has 0 saturated heterocycles. The molecule has 0 saturated carbocycles. The summed E-state index contributed by atoms with van der Waals surface area (Å²) in [6, 6.07) is 6.12. The fourth-order valence-corrected chi connectivity index (χ4v) is 1.98. The maximum atomic E-state index is 11.9. The van der Waals surface area contributed by atoms with Gasteiger partial charge >= 0.3 is 6.09 Å². The first-order valence-corrected chi connectivity index (χ1v) is 6.95. The smallest absolute Gasteiger partial charge is 0.430 e. The number of hydrogen-bond acceptors (Lipinski definition) is 4. The molecule has 1 aliphatic heterocycles. The number of rotatable bonds is 2. The van der Waals surface area contributed by atoms with Crippen molar-refractivity contribution < 1.29 is 47.0 Å². The molecular formula is C15H19N4O3Y-. The molecule has 0 aromatic heterocycles. The standard InChI is InChI=1S/C15H20N4O3.Y/c1-15(2,3)22-14(21)19-9-8-12(18-19)10-4-6-11(7-5-10)17-13(16)20;/h4-7H,8-9H2,1-3H3,(H3,16,17,18,20);/p-1. The van der Waals surface area contributed by atoms with Crippen molar-refractivity contribution in [3.8, 4) is 0 Å². The minimum Gasteiger partial charge on any atom is -0.447 e. The van der Waals surface area contributed by atoms with Crippen LogP contribution in [0.1, 0.15) is 32.8 Å². The zero-order chi connectivity index (χ0) is 16.3. The fourth-order valence-electron chi connectivity index (χ4n) is 1.98. The number of urea groups is 1. The molecule has 8 heteroatoms. The Morgan fingerprint density at radius 3 is 2.39 bits per heavy atom. The monoisotopic (exact) mass is 392 g/mol. The second kappa shape index (κ2) is 7.88. The largest absolute Gasteiger partial charge is 0.447 e. The van der Waals surface area contributed by atoms with Crippen molar-refractivity contribution in [2.45, 2.75) is 32.8 Å². The van der Waals surface area contributed by atoms with Gasteiger partial charge in [0, 0.05) is 39.1 Å². The second-order valence-electron chi connectivity index (χ2n) is 5.93. The zero-order valence-corrected chi connectivity index (χ0v) is 16.3. The molecule has 0 unspecified atom stereocenters. The van der Waals surface area contributed by atoms with Crippen LogP contribution < -0.4 is 5.32 Å². The maximum Gasteiger partial charge on any atom is 0.430 e. The molecular weight excluding hydrogens is 373 g/mol. The van der Waals surface area contributed by atoms with E-state index in [0.29, 0.717) is 18.7 Å². The third-order valence-corrected chi connectivity index (χ3v) is 2.88. The Balaban J connectivity index is 0.00000264. The third-order valence-electron chi connectivity index (χ3n) is 2.88. The molecule has 7 nitrogen and oxygen atoms in total. The van der Waals surface area contributed by atoms with Gasteiger partial charge in [-0.25, -0.2) is 4.79 Å². The number of hydrogen-bond donors (Lipinski definition) is 1. The van der Waals surface area contributed by atoms with E-state index in [9.17, 15) is 9.59 Å². The van der Waals surface area contributed by atoms with Crippen LogP contribution in [-0.2, 0) is 37.4 Å². The fraction of sp³-hybridized carbons (Fsp3) is 0.400. The van der Waals surface area contributed by atoms with Crippen molar-refractivity contribution in [2.24, 2.45) is 5.10 Å². The van der Waals surface area contributed by atoms with Gasteiger partial charge in [-0.05, 0) is 32.0 Å². The van der Waals surface area contributed by atoms with E-state index in [2.05, 4.69) is 10.4 Å². The van der Waals surface area contributed by atoms with Crippen molar-refractivity contribution in [1.29, 1.82) is 0 Å². The number of amides is 3. The molecule has 2 N–H and O–H groups in total. The minimum absolute atomic E-state index is 0. The Labute approximate surface area is 160 Å². The topological polar surface area (TPSA) is 94.8 Å². The average Bonchev–Trinajstić information content (AvgIpc) is 2.86. The zero-order valence-electron chi connectivity index (χ0n) is 13.4. The number of anilines is 1. The molecule has 1 aromatic rings. The summed E-state index contributed by atoms with van der Waals surface area (Å²) in [5.74, 6) is 0. The summed E-state index contributed by atoms with van der Waals surface area (Å²) < 4.78 is 5.28. The molecule has 0 bridgehead atoms. The van der Waals surface area contributed by atoms with Crippen LogP contribution in [0.3, 0.4) is 0 Å². The van der Waals surface area contributed by atoms with Gasteiger partial charge in [0.2, 0.25) is 0 Å². The van der Waals surface area contributed by atoms with Crippen LogP contribution in [0.5, 0.6) is 0 Å². The summed E-state index contributed by atoms with van der Waals surface area (Å²) in [6.45, 7) is 5.91. The van der Waals surface area contributed by atoms with E-state index in [1.165, 1.54) is 5.01 Å². The molecule has 121 valence electrons. The van der Waals surface area contributed by atoms with Crippen molar-refractivity contribution in [3.63, 3.8) is 0 Å². The Hall–Kier alpha value is -1.47. The van der Waals surface area contributed by atoms with Gasteiger partial charge in [-0.3, -0.25) is 4.79 Å². The molecule has 0 fully saturated rings. The molecule has 23 heavy (non-hydrogen) atoms. The van der Waals surface area contributed by atoms with Crippen LogP contribution in [0.25, 0.3) is 5.73 Å². The first-order valence-electron chi connectivity index (χ1n) is 6.95. The molecule has 1 heterocycles. The van der Waals surface area contributed by atoms with Gasteiger partial charge in [0.1, 0.15) is 5.60 Å². The second-order valence-corrected chi connectivity index (χ2v) is 5.93. The predicted molar refractivity (Wildman–Crippen MR) is 83.9 cm³/mol. The van der Waals surface area contributed by atoms with Gasteiger partial charge in [-0.15, -0.1) is 0 Å². The summed E-state index contributed by atoms with van der Waals surface area (Å²) >= 11 is 0. The van der Waals surface area contributed by atoms with E-state index < -0.39 is 17.7 Å². The Bertz CT molecular complexity index is 608. The van der Waals surface area contributed by atoms with E-state index in [-0.39, 0.29) is 32.7 Å². The molecule has 2 rings (SSSR count). The SMILES string of the molecule is CC(C)(C)OC(=O)N1CCC(c2ccc(NC([NH-])=O)cc2)=N1.[Y]. The Morgan fingerprint density at radius 1 is 1.26 bits per heavy atom. The van der Waals surface area contributed by atoms with Crippen LogP contribution in [0.15, 0.2) is 29.4 Å². The molecule has 1 aromatic carbocycles. The quantitative estimate of drug-likeness (QED) is 0.833. The van der Waals surface area contributed by atoms with Crippen molar-refractivity contribution in [2.75, 3.05) is 11.9 Å². The van der Waals surface area contributed by atoms with Crippen molar-refractivity contribution in [3.05, 3.63) is 35.6 Å². The molecule has 0 aliphatic carbocycles. The van der Waals surface area contributed by atoms with Gasteiger partial charge < -0.3 is 15.8 Å². The van der Waals surface area contributed by atoms with Gasteiger partial charge in [0.05, 0.1) is 12.3 Å². The number of carbonyl (C=O) groups is 2. The number of ether oxygens (including phenoxy) is 1. The molecule has 1 radical (unpaired) electrons. The van der Waals surface area contributed by atoms with Gasteiger partial charge in [0.25, 0.3) is 0 Å². The van der Waals surface area contributed by atoms with Crippen LogP contribution in [0, 0.1) is 0 Å². The van der Waals surface area contributed by atoms with Crippen molar-refractivity contribution >= 4 is 23.5 Å². The number of hydrazone groups is 1. The summed E-state index contributed by atoms with van der Waals surface area (Å²) in [5, 5.41) is 7.98. The molecule has 3 amide bonds. The van der Waals surface area contributed by atoms with Gasteiger partial charge in [0.15, 0.2) is 6.03 Å². The molecule has 0 atom stereocenters. The van der Waals surface area contributed by atoms with Gasteiger partial charge in [-0.1, -0.05) is 24.3 Å². The van der Waals surface area contributed by atoms with Crippen molar-refractivity contribution in [1.82, 2.24) is 5.01 Å². The third kappa shape index (κ3) is 5.91. The number of carbonyl (C=O) groups excluding carboxylic acids is 2. The molecule has 1 aliphatic rings. The molecule has 0 spiro atoms. The van der Waals surface area contributed by atoms with E-state index in [1.807, 2.05) is 20.8 Å². The van der Waals surface area contributed by atoms with Crippen LogP contribution in [-0.4, -0.2) is 35.0 Å². The first kappa shape index (κ1) is 19.6. The predicted octanol–water partition coefficient (Wildman–Crippen LogP) is 3.61. The average molecular weight is 392 g/mol. The number of nitrogens with zero attached hydrogens (tertiary/aromatic N) is 2. The van der Waals surface area contributed by atoms with Crippen LogP contribution in [0.4, 0.5) is 15.3 Å². The van der Waals surface area contributed by atoms with E-state index in [1.54, 1.807) is 24.3 Å². The van der Waals surface area contributed by atoms with Crippen LogP contribution in [0.2, 0.25) is 0 Å². The maximum absolute atomic E-state index is 11.9. The normalized spacial score (nSPS) is 13.9. The van der Waals surface area contributed by atoms with E-state index in [0.717, 1.165) is 11.3 Å². The summed E-state index contributed by atoms with van der Waals surface area (Å²) in [6.07, 6.45) is 0.184. The summed E-state index contributed by atoms with van der Waals surface area (Å²) in [7, 11) is 0. The van der Waals surface area contributed by atoms with E-state index >= 15 is 0 Å². The Kier molecular flexibility index (Phi) is 6.71. The Morgan fingerprint density at radius 2 is 1.87 bits per heavy atom. The summed E-state index contributed by atoms with van der Waals surface area (Å²) in [5.41, 5.74) is 8.50. The van der Waals surface area contributed by atoms with Crippen LogP contribution >= 0.6 is 0 Å². The van der Waals surface area contributed by atoms with E-state index in [4.69, 9.17) is 10.5 Å². The summed E-state index contributed by atoms with van der Waals surface area (Å²) in [4.78, 5) is 22.6.